The highest BCUT2D eigenvalue weighted by Crippen LogP contribution is 2.47. The van der Waals surface area contributed by atoms with Gasteiger partial charge in [-0.1, -0.05) is 47.5 Å². The molecule has 2 aromatic rings. The number of carbonyl (C=O) groups is 2. The predicted octanol–water partition coefficient (Wildman–Crippen LogP) is 2.68. The fourth-order valence-corrected chi connectivity index (χ4v) is 5.64. The molecule has 2 aromatic carbocycles. The lowest BCUT2D eigenvalue weighted by atomic mass is 9.77. The molecule has 3 N–H and O–H groups in total. The third-order valence-corrected chi connectivity index (χ3v) is 7.87. The molecule has 1 saturated heterocycles. The van der Waals surface area contributed by atoms with Gasteiger partial charge in [-0.3, -0.25) is 9.59 Å². The van der Waals surface area contributed by atoms with E-state index in [-0.39, 0.29) is 37.4 Å². The molecule has 0 saturated carbocycles. The lowest BCUT2D eigenvalue weighted by Gasteiger charge is -2.41. The number of aliphatic hydroxyl groups excluding tert-OH is 2. The number of halogens is 2. The number of nitrogens with one attached hydrogen (secondary N) is 1. The summed E-state index contributed by atoms with van der Waals surface area (Å²) in [5.74, 6) is -0.864. The zero-order valence-electron chi connectivity index (χ0n) is 20.0. The highest BCUT2D eigenvalue weighted by Gasteiger charge is 2.51. The second-order valence-corrected chi connectivity index (χ2v) is 10.3. The number of hydrogen-bond acceptors (Lipinski definition) is 6. The van der Waals surface area contributed by atoms with Gasteiger partial charge in [0.1, 0.15) is 18.0 Å². The van der Waals surface area contributed by atoms with Crippen molar-refractivity contribution >= 4 is 35.0 Å². The average molecular weight is 547 g/mol. The van der Waals surface area contributed by atoms with Crippen LogP contribution in [0.5, 0.6) is 5.75 Å². The predicted molar refractivity (Wildman–Crippen MR) is 138 cm³/mol. The SMILES string of the molecule is O=C(NCCO)C1=CC(N(Cc2ccc(Cl)c(Cl)c2)C(=O)C2CCOC2)C(O)C2Oc3ccccc3C12. The Kier molecular flexibility index (Phi) is 7.74. The molecule has 2 aliphatic heterocycles. The maximum atomic E-state index is 13.8. The first-order chi connectivity index (χ1) is 17.9. The maximum absolute atomic E-state index is 13.8. The molecule has 0 bridgehead atoms. The summed E-state index contributed by atoms with van der Waals surface area (Å²) < 4.78 is 11.6. The van der Waals surface area contributed by atoms with E-state index in [0.29, 0.717) is 41.0 Å². The Morgan fingerprint density at radius 3 is 2.68 bits per heavy atom. The van der Waals surface area contributed by atoms with Crippen LogP contribution in [0.1, 0.15) is 23.5 Å². The molecule has 0 radical (unpaired) electrons. The highest BCUT2D eigenvalue weighted by molar-refractivity contribution is 6.42. The monoisotopic (exact) mass is 546 g/mol. The van der Waals surface area contributed by atoms with Crippen molar-refractivity contribution in [1.29, 1.82) is 0 Å². The zero-order valence-corrected chi connectivity index (χ0v) is 21.5. The van der Waals surface area contributed by atoms with Crippen LogP contribution >= 0.6 is 23.2 Å². The number of nitrogens with zero attached hydrogens (tertiary/aromatic N) is 1. The van der Waals surface area contributed by atoms with Gasteiger partial charge in [0.25, 0.3) is 0 Å². The van der Waals surface area contributed by atoms with E-state index in [2.05, 4.69) is 5.32 Å². The normalized spacial score (nSPS) is 26.1. The second kappa shape index (κ2) is 11.0. The summed E-state index contributed by atoms with van der Waals surface area (Å²) in [6, 6.07) is 11.6. The van der Waals surface area contributed by atoms with Crippen LogP contribution < -0.4 is 10.1 Å². The van der Waals surface area contributed by atoms with Crippen molar-refractivity contribution in [2.45, 2.75) is 37.1 Å². The molecule has 10 heteroatoms. The van der Waals surface area contributed by atoms with Crippen molar-refractivity contribution in [3.63, 3.8) is 0 Å². The number of ether oxygens (including phenoxy) is 2. The zero-order chi connectivity index (χ0) is 26.1. The fourth-order valence-electron chi connectivity index (χ4n) is 5.32. The quantitative estimate of drug-likeness (QED) is 0.492. The Morgan fingerprint density at radius 1 is 1.14 bits per heavy atom. The van der Waals surface area contributed by atoms with Crippen LogP contribution in [0.4, 0.5) is 0 Å². The molecular weight excluding hydrogens is 519 g/mol. The van der Waals surface area contributed by atoms with Crippen LogP contribution in [0.25, 0.3) is 0 Å². The van der Waals surface area contributed by atoms with E-state index in [9.17, 15) is 19.8 Å². The van der Waals surface area contributed by atoms with Gasteiger partial charge < -0.3 is 29.9 Å². The summed E-state index contributed by atoms with van der Waals surface area (Å²) >= 11 is 12.3. The minimum absolute atomic E-state index is 0.0780. The summed E-state index contributed by atoms with van der Waals surface area (Å²) in [5.41, 5.74) is 1.90. The summed E-state index contributed by atoms with van der Waals surface area (Å²) in [6.45, 7) is 0.782. The topological polar surface area (TPSA) is 108 Å². The molecule has 2 amide bonds. The maximum Gasteiger partial charge on any atom is 0.247 e. The molecular formula is C27H28Cl2N2O6. The van der Waals surface area contributed by atoms with E-state index in [1.807, 2.05) is 18.2 Å². The van der Waals surface area contributed by atoms with Crippen LogP contribution in [-0.2, 0) is 20.9 Å². The van der Waals surface area contributed by atoms with Crippen molar-refractivity contribution in [2.75, 3.05) is 26.4 Å². The lowest BCUT2D eigenvalue weighted by molar-refractivity contribution is -0.142. The van der Waals surface area contributed by atoms with Crippen LogP contribution in [0, 0.1) is 5.92 Å². The standard InChI is InChI=1S/C27H28Cl2N2O6/c28-19-6-5-15(11-20(19)29)13-31(27(35)16-7-10-36-14-16)21-12-18(26(34)30-8-9-32)23-17-3-1-2-4-22(17)37-25(23)24(21)33/h1-6,11-12,16,21,23-25,32-33H,7-10,13-14H2,(H,30,34). The number of para-hydroxylation sites is 1. The van der Waals surface area contributed by atoms with E-state index in [4.69, 9.17) is 32.7 Å². The minimum Gasteiger partial charge on any atom is -0.486 e. The van der Waals surface area contributed by atoms with Gasteiger partial charge in [-0.05, 0) is 36.3 Å². The summed E-state index contributed by atoms with van der Waals surface area (Å²) in [7, 11) is 0. The number of rotatable bonds is 7. The molecule has 5 unspecified atom stereocenters. The molecule has 1 aliphatic carbocycles. The Balaban J connectivity index is 1.56. The molecule has 8 nitrogen and oxygen atoms in total. The Morgan fingerprint density at radius 2 is 1.95 bits per heavy atom. The first-order valence-corrected chi connectivity index (χ1v) is 13.0. The van der Waals surface area contributed by atoms with Crippen molar-refractivity contribution in [1.82, 2.24) is 10.2 Å². The van der Waals surface area contributed by atoms with E-state index in [0.717, 1.165) is 11.1 Å². The van der Waals surface area contributed by atoms with Gasteiger partial charge in [0, 0.05) is 30.8 Å². The third kappa shape index (κ3) is 5.09. The largest absolute Gasteiger partial charge is 0.486 e. The van der Waals surface area contributed by atoms with E-state index >= 15 is 0 Å². The molecule has 5 rings (SSSR count). The smallest absolute Gasteiger partial charge is 0.247 e. The van der Waals surface area contributed by atoms with Crippen molar-refractivity contribution < 1.29 is 29.3 Å². The molecule has 5 atom stereocenters. The number of amides is 2. The van der Waals surface area contributed by atoms with Gasteiger partial charge in [0.05, 0.1) is 41.1 Å². The number of aliphatic hydroxyl groups is 2. The molecule has 1 fully saturated rings. The van der Waals surface area contributed by atoms with Crippen molar-refractivity contribution in [3.05, 3.63) is 75.3 Å². The first kappa shape index (κ1) is 26.0. The Labute approximate surface area is 224 Å². The van der Waals surface area contributed by atoms with Gasteiger partial charge >= 0.3 is 0 Å². The Hall–Kier alpha value is -2.62. The highest BCUT2D eigenvalue weighted by atomic mass is 35.5. The van der Waals surface area contributed by atoms with Gasteiger partial charge in [-0.2, -0.15) is 0 Å². The fraction of sp³-hybridized carbons (Fsp3) is 0.407. The summed E-state index contributed by atoms with van der Waals surface area (Å²) in [5, 5.41) is 24.3. The van der Waals surface area contributed by atoms with Crippen LogP contribution in [0.15, 0.2) is 54.1 Å². The van der Waals surface area contributed by atoms with Crippen molar-refractivity contribution in [2.24, 2.45) is 5.92 Å². The van der Waals surface area contributed by atoms with Gasteiger partial charge in [-0.25, -0.2) is 0 Å². The molecule has 37 heavy (non-hydrogen) atoms. The number of hydrogen-bond donors (Lipinski definition) is 3. The molecule has 196 valence electrons. The summed E-state index contributed by atoms with van der Waals surface area (Å²) in [4.78, 5) is 28.6. The number of benzene rings is 2. The third-order valence-electron chi connectivity index (χ3n) is 7.14. The number of fused-ring (bicyclic) bond motifs is 3. The Bertz CT molecular complexity index is 1220. The average Bonchev–Trinajstić information content (AvgIpc) is 3.57. The van der Waals surface area contributed by atoms with E-state index < -0.39 is 24.2 Å². The minimum atomic E-state index is -1.11. The van der Waals surface area contributed by atoms with Crippen LogP contribution in [-0.4, -0.2) is 71.5 Å². The second-order valence-electron chi connectivity index (χ2n) is 9.46. The van der Waals surface area contributed by atoms with Gasteiger partial charge in [0.15, 0.2) is 0 Å². The van der Waals surface area contributed by atoms with Gasteiger partial charge in [0.2, 0.25) is 11.8 Å². The molecule has 0 aromatic heterocycles. The van der Waals surface area contributed by atoms with Crippen LogP contribution in [0.3, 0.4) is 0 Å². The van der Waals surface area contributed by atoms with Crippen LogP contribution in [0.2, 0.25) is 10.0 Å². The van der Waals surface area contributed by atoms with Gasteiger partial charge in [-0.15, -0.1) is 0 Å². The first-order valence-electron chi connectivity index (χ1n) is 12.3. The van der Waals surface area contributed by atoms with Crippen molar-refractivity contribution in [3.8, 4) is 5.75 Å². The molecule has 3 aliphatic rings. The molecule has 2 heterocycles. The van der Waals surface area contributed by atoms with E-state index in [1.54, 1.807) is 35.2 Å². The summed E-state index contributed by atoms with van der Waals surface area (Å²) in [6.07, 6.45) is 0.350. The number of carbonyl (C=O) groups excluding carboxylic acids is 2. The molecule has 0 spiro atoms. The lowest BCUT2D eigenvalue weighted by Crippen LogP contribution is -2.56. The van der Waals surface area contributed by atoms with E-state index in [1.165, 1.54) is 0 Å².